The summed E-state index contributed by atoms with van der Waals surface area (Å²) in [5, 5.41) is 8.15. The van der Waals surface area contributed by atoms with E-state index >= 15 is 0 Å². The first kappa shape index (κ1) is 16.4. The van der Waals surface area contributed by atoms with Crippen LogP contribution in [0.4, 0.5) is 0 Å². The van der Waals surface area contributed by atoms with E-state index in [2.05, 4.69) is 24.8 Å². The molecule has 0 bridgehead atoms. The molecule has 2 rings (SSSR count). The Hall–Kier alpha value is -1.94. The lowest BCUT2D eigenvalue weighted by Crippen LogP contribution is -2.13. The van der Waals surface area contributed by atoms with E-state index in [0.29, 0.717) is 13.0 Å². The number of benzene rings is 2. The Morgan fingerprint density at radius 3 is 2.27 bits per heavy atom. The van der Waals surface area contributed by atoms with Gasteiger partial charge in [0.1, 0.15) is 5.75 Å². The summed E-state index contributed by atoms with van der Waals surface area (Å²) >= 11 is 4.00. The lowest BCUT2D eigenvalue weighted by Gasteiger charge is -2.08. The predicted molar refractivity (Wildman–Crippen MR) is 91.6 cm³/mol. The number of thiol groups is 1. The van der Waals surface area contributed by atoms with Crippen LogP contribution < -0.4 is 4.74 Å². The fourth-order valence-electron chi connectivity index (χ4n) is 2.13. The van der Waals surface area contributed by atoms with Gasteiger partial charge in [-0.05, 0) is 42.5 Å². The normalized spacial score (nSPS) is 11.9. The summed E-state index contributed by atoms with van der Waals surface area (Å²) in [7, 11) is 0. The number of hydrogen-bond acceptors (Lipinski definition) is 3. The van der Waals surface area contributed by atoms with E-state index in [1.54, 1.807) is 0 Å². The molecule has 0 radical (unpaired) electrons. The van der Waals surface area contributed by atoms with Crippen LogP contribution in [-0.4, -0.2) is 22.9 Å². The van der Waals surface area contributed by atoms with Crippen molar-refractivity contribution < 1.29 is 14.6 Å². The Bertz CT molecular complexity index is 581. The number of rotatable bonds is 8. The SMILES string of the molecule is O=C(O)C(S)CCCCOc1ccc(-c2ccccc2)cc1. The van der Waals surface area contributed by atoms with Gasteiger partial charge >= 0.3 is 5.97 Å². The highest BCUT2D eigenvalue weighted by Crippen LogP contribution is 2.22. The quantitative estimate of drug-likeness (QED) is 0.564. The van der Waals surface area contributed by atoms with Crippen LogP contribution in [0.2, 0.25) is 0 Å². The van der Waals surface area contributed by atoms with Crippen LogP contribution in [0.25, 0.3) is 11.1 Å². The van der Waals surface area contributed by atoms with Gasteiger partial charge < -0.3 is 9.84 Å². The van der Waals surface area contributed by atoms with E-state index in [9.17, 15) is 4.79 Å². The van der Waals surface area contributed by atoms with Crippen molar-refractivity contribution in [2.24, 2.45) is 0 Å². The Balaban J connectivity index is 1.74. The minimum atomic E-state index is -0.860. The number of ether oxygens (including phenoxy) is 1. The van der Waals surface area contributed by atoms with Crippen molar-refractivity contribution in [1.29, 1.82) is 0 Å². The number of unbranched alkanes of at least 4 members (excludes halogenated alkanes) is 1. The first-order valence-corrected chi connectivity index (χ1v) is 7.87. The van der Waals surface area contributed by atoms with Crippen LogP contribution in [-0.2, 0) is 4.79 Å². The second-order valence-corrected chi connectivity index (χ2v) is 5.71. The minimum Gasteiger partial charge on any atom is -0.494 e. The van der Waals surface area contributed by atoms with Gasteiger partial charge in [0, 0.05) is 0 Å². The number of carboxylic acids is 1. The standard InChI is InChI=1S/C18H20O3S/c19-18(20)17(22)8-4-5-13-21-16-11-9-15(10-12-16)14-6-2-1-3-7-14/h1-3,6-7,9-12,17,22H,4-5,8,13H2,(H,19,20). The van der Waals surface area contributed by atoms with Crippen LogP contribution in [0.3, 0.4) is 0 Å². The highest BCUT2D eigenvalue weighted by Gasteiger charge is 2.10. The fourth-order valence-corrected chi connectivity index (χ4v) is 2.31. The third kappa shape index (κ3) is 5.11. The van der Waals surface area contributed by atoms with Crippen molar-refractivity contribution in [3.63, 3.8) is 0 Å². The van der Waals surface area contributed by atoms with E-state index < -0.39 is 11.2 Å². The highest BCUT2D eigenvalue weighted by atomic mass is 32.1. The predicted octanol–water partition coefficient (Wildman–Crippen LogP) is 4.29. The van der Waals surface area contributed by atoms with Gasteiger partial charge in [-0.3, -0.25) is 4.79 Å². The van der Waals surface area contributed by atoms with E-state index in [1.807, 2.05) is 42.5 Å². The molecule has 0 aliphatic carbocycles. The Morgan fingerprint density at radius 1 is 1.00 bits per heavy atom. The zero-order chi connectivity index (χ0) is 15.8. The van der Waals surface area contributed by atoms with Gasteiger partial charge in [-0.25, -0.2) is 0 Å². The molecule has 0 spiro atoms. The molecule has 116 valence electrons. The third-order valence-corrected chi connectivity index (χ3v) is 3.87. The second kappa shape index (κ2) is 8.49. The van der Waals surface area contributed by atoms with Crippen LogP contribution >= 0.6 is 12.6 Å². The summed E-state index contributed by atoms with van der Waals surface area (Å²) in [6, 6.07) is 18.2. The zero-order valence-electron chi connectivity index (χ0n) is 12.3. The highest BCUT2D eigenvalue weighted by molar-refractivity contribution is 7.81. The molecule has 0 amide bonds. The van der Waals surface area contributed by atoms with Gasteiger partial charge in [-0.2, -0.15) is 12.6 Å². The maximum atomic E-state index is 10.6. The first-order valence-electron chi connectivity index (χ1n) is 7.36. The van der Waals surface area contributed by atoms with Crippen molar-refractivity contribution in [2.75, 3.05) is 6.61 Å². The molecule has 1 N–H and O–H groups in total. The van der Waals surface area contributed by atoms with Crippen molar-refractivity contribution >= 4 is 18.6 Å². The number of hydrogen-bond donors (Lipinski definition) is 2. The van der Waals surface area contributed by atoms with Crippen LogP contribution in [0.1, 0.15) is 19.3 Å². The molecule has 3 nitrogen and oxygen atoms in total. The number of carbonyl (C=O) groups is 1. The van der Waals surface area contributed by atoms with Gasteiger partial charge in [0.15, 0.2) is 0 Å². The van der Waals surface area contributed by atoms with Crippen molar-refractivity contribution in [2.45, 2.75) is 24.5 Å². The summed E-state index contributed by atoms with van der Waals surface area (Å²) in [6.07, 6.45) is 2.18. The molecule has 4 heteroatoms. The molecule has 0 heterocycles. The molecular formula is C18H20O3S. The molecule has 0 saturated carbocycles. The Kier molecular flexibility index (Phi) is 6.34. The summed E-state index contributed by atoms with van der Waals surface area (Å²) in [4.78, 5) is 10.6. The molecule has 1 unspecified atom stereocenters. The average molecular weight is 316 g/mol. The minimum absolute atomic E-state index is 0.564. The van der Waals surface area contributed by atoms with E-state index in [0.717, 1.165) is 24.2 Å². The van der Waals surface area contributed by atoms with Crippen LogP contribution in [0, 0.1) is 0 Å². The van der Waals surface area contributed by atoms with E-state index in [-0.39, 0.29) is 0 Å². The maximum Gasteiger partial charge on any atom is 0.316 e. The Labute approximate surface area is 136 Å². The maximum absolute atomic E-state index is 10.6. The second-order valence-electron chi connectivity index (χ2n) is 5.09. The molecule has 2 aromatic carbocycles. The average Bonchev–Trinajstić information content (AvgIpc) is 2.55. The van der Waals surface area contributed by atoms with Crippen molar-refractivity contribution in [1.82, 2.24) is 0 Å². The van der Waals surface area contributed by atoms with Crippen LogP contribution in [0.5, 0.6) is 5.75 Å². The molecule has 1 atom stereocenters. The third-order valence-electron chi connectivity index (χ3n) is 3.39. The summed E-state index contributed by atoms with van der Waals surface area (Å²) in [5.41, 5.74) is 2.34. The smallest absolute Gasteiger partial charge is 0.316 e. The van der Waals surface area contributed by atoms with Gasteiger partial charge in [0.25, 0.3) is 0 Å². The zero-order valence-corrected chi connectivity index (χ0v) is 13.2. The number of carboxylic acid groups (broad SMARTS) is 1. The first-order chi connectivity index (χ1) is 10.7. The topological polar surface area (TPSA) is 46.5 Å². The van der Waals surface area contributed by atoms with Gasteiger partial charge in [0.2, 0.25) is 0 Å². The molecule has 0 aliphatic rings. The summed E-state index contributed by atoms with van der Waals surface area (Å²) < 4.78 is 5.67. The van der Waals surface area contributed by atoms with Gasteiger partial charge in [-0.15, -0.1) is 0 Å². The lowest BCUT2D eigenvalue weighted by atomic mass is 10.1. The fraction of sp³-hybridized carbons (Fsp3) is 0.278. The van der Waals surface area contributed by atoms with Gasteiger partial charge in [0.05, 0.1) is 11.9 Å². The number of aliphatic carboxylic acids is 1. The largest absolute Gasteiger partial charge is 0.494 e. The molecule has 0 fully saturated rings. The molecule has 2 aromatic rings. The van der Waals surface area contributed by atoms with Crippen molar-refractivity contribution in [3.8, 4) is 16.9 Å². The summed E-state index contributed by atoms with van der Waals surface area (Å²) in [5.74, 6) is -0.0268. The summed E-state index contributed by atoms with van der Waals surface area (Å²) in [6.45, 7) is 0.588. The van der Waals surface area contributed by atoms with E-state index in [4.69, 9.17) is 9.84 Å². The van der Waals surface area contributed by atoms with Crippen LogP contribution in [0.15, 0.2) is 54.6 Å². The molecular weight excluding hydrogens is 296 g/mol. The monoisotopic (exact) mass is 316 g/mol. The van der Waals surface area contributed by atoms with Crippen molar-refractivity contribution in [3.05, 3.63) is 54.6 Å². The lowest BCUT2D eigenvalue weighted by molar-refractivity contribution is -0.136. The van der Waals surface area contributed by atoms with E-state index in [1.165, 1.54) is 5.56 Å². The molecule has 0 saturated heterocycles. The van der Waals surface area contributed by atoms with Gasteiger partial charge in [-0.1, -0.05) is 42.5 Å². The Morgan fingerprint density at radius 2 is 1.64 bits per heavy atom. The molecule has 22 heavy (non-hydrogen) atoms. The molecule has 0 aliphatic heterocycles. The molecule has 0 aromatic heterocycles.